The number of benzene rings is 1. The van der Waals surface area contributed by atoms with E-state index < -0.39 is 11.4 Å². The Bertz CT molecular complexity index is 374. The Balaban J connectivity index is 2.39. The fraction of sp³-hybridized carbons (Fsp3) is 0.300. The van der Waals surface area contributed by atoms with Crippen molar-refractivity contribution in [1.82, 2.24) is 0 Å². The summed E-state index contributed by atoms with van der Waals surface area (Å²) in [6, 6.07) is 7.47. The van der Waals surface area contributed by atoms with E-state index >= 15 is 0 Å². The monoisotopic (exact) mass is 318 g/mol. The van der Waals surface area contributed by atoms with Gasteiger partial charge in [-0.3, -0.25) is 4.79 Å². The number of hydrogen-bond acceptors (Lipinski definition) is 1. The number of carboxylic acid groups (broad SMARTS) is 1. The highest BCUT2D eigenvalue weighted by Gasteiger charge is 2.60. The number of carbonyl (C=O) groups is 1. The summed E-state index contributed by atoms with van der Waals surface area (Å²) < 4.78 is 0.966. The molecule has 0 aromatic heterocycles. The van der Waals surface area contributed by atoms with Crippen molar-refractivity contribution in [3.05, 3.63) is 34.3 Å². The predicted octanol–water partition coefficient (Wildman–Crippen LogP) is 2.94. The fourth-order valence-electron chi connectivity index (χ4n) is 1.61. The Hall–Kier alpha value is -0.350. The van der Waals surface area contributed by atoms with Gasteiger partial charge in [0.05, 0.1) is 0 Å². The molecule has 2 rings (SSSR count). The topological polar surface area (TPSA) is 37.3 Å². The van der Waals surface area contributed by atoms with E-state index in [2.05, 4.69) is 31.9 Å². The number of carboxylic acids is 1. The molecule has 1 N–H and O–H groups in total. The van der Waals surface area contributed by atoms with Crippen LogP contribution in [0.4, 0.5) is 0 Å². The maximum atomic E-state index is 11.1. The van der Waals surface area contributed by atoms with Gasteiger partial charge in [0.2, 0.25) is 0 Å². The van der Waals surface area contributed by atoms with Gasteiger partial charge in [0.1, 0.15) is 5.41 Å². The Morgan fingerprint density at radius 2 is 1.93 bits per heavy atom. The van der Waals surface area contributed by atoms with Gasteiger partial charge in [-0.25, -0.2) is 0 Å². The molecule has 0 amide bonds. The van der Waals surface area contributed by atoms with Gasteiger partial charge in [0, 0.05) is 9.30 Å². The summed E-state index contributed by atoms with van der Waals surface area (Å²) in [5.41, 5.74) is 0.177. The minimum Gasteiger partial charge on any atom is -0.481 e. The second kappa shape index (κ2) is 3.35. The van der Waals surface area contributed by atoms with Gasteiger partial charge in [-0.15, -0.1) is 0 Å². The number of rotatable bonds is 2. The van der Waals surface area contributed by atoms with Crippen LogP contribution >= 0.6 is 31.9 Å². The van der Waals surface area contributed by atoms with Gasteiger partial charge >= 0.3 is 5.97 Å². The van der Waals surface area contributed by atoms with Crippen LogP contribution in [-0.4, -0.2) is 15.9 Å². The molecule has 2 nitrogen and oxygen atoms in total. The van der Waals surface area contributed by atoms with Crippen molar-refractivity contribution in [2.45, 2.75) is 16.7 Å². The molecule has 14 heavy (non-hydrogen) atoms. The summed E-state index contributed by atoms with van der Waals surface area (Å²) in [5, 5.41) is 9.16. The summed E-state index contributed by atoms with van der Waals surface area (Å²) in [5.74, 6) is -0.748. The van der Waals surface area contributed by atoms with Crippen LogP contribution in [0.5, 0.6) is 0 Å². The third kappa shape index (κ3) is 1.41. The molecular weight excluding hydrogens is 312 g/mol. The van der Waals surface area contributed by atoms with E-state index in [1.54, 1.807) is 0 Å². The highest BCUT2D eigenvalue weighted by atomic mass is 79.9. The Morgan fingerprint density at radius 1 is 1.43 bits per heavy atom. The first-order valence-electron chi connectivity index (χ1n) is 4.21. The molecular formula is C10H8Br2O2. The second-order valence-corrected chi connectivity index (χ2v) is 5.48. The molecule has 1 saturated carbocycles. The van der Waals surface area contributed by atoms with E-state index in [1.165, 1.54) is 0 Å². The summed E-state index contributed by atoms with van der Waals surface area (Å²) in [6.45, 7) is 0. The molecule has 1 aliphatic rings. The van der Waals surface area contributed by atoms with E-state index in [0.717, 1.165) is 10.0 Å². The van der Waals surface area contributed by atoms with Crippen molar-refractivity contribution in [2.75, 3.05) is 0 Å². The smallest absolute Gasteiger partial charge is 0.315 e. The molecule has 1 aliphatic carbocycles. The molecule has 0 spiro atoms. The predicted molar refractivity (Wildman–Crippen MR) is 60.8 cm³/mol. The van der Waals surface area contributed by atoms with Crippen molar-refractivity contribution in [3.63, 3.8) is 0 Å². The van der Waals surface area contributed by atoms with Crippen LogP contribution in [0.2, 0.25) is 0 Å². The number of aliphatic carboxylic acids is 1. The van der Waals surface area contributed by atoms with E-state index in [9.17, 15) is 4.79 Å². The molecule has 0 radical (unpaired) electrons. The maximum absolute atomic E-state index is 11.1. The van der Waals surface area contributed by atoms with Crippen molar-refractivity contribution in [1.29, 1.82) is 0 Å². The molecule has 0 heterocycles. The summed E-state index contributed by atoms with van der Waals surface area (Å²) in [4.78, 5) is 11.2. The molecule has 2 unspecified atom stereocenters. The summed E-state index contributed by atoms with van der Waals surface area (Å²) in [7, 11) is 0. The first-order valence-corrected chi connectivity index (χ1v) is 5.92. The van der Waals surface area contributed by atoms with Gasteiger partial charge in [0.25, 0.3) is 0 Å². The van der Waals surface area contributed by atoms with Crippen LogP contribution in [0.3, 0.4) is 0 Å². The average Bonchev–Trinajstić information content (AvgIpc) is 2.80. The second-order valence-electron chi connectivity index (χ2n) is 3.46. The fourth-order valence-corrected chi connectivity index (χ4v) is 2.85. The highest BCUT2D eigenvalue weighted by molar-refractivity contribution is 9.10. The highest BCUT2D eigenvalue weighted by Crippen LogP contribution is 2.53. The lowest BCUT2D eigenvalue weighted by atomic mass is 9.96. The lowest BCUT2D eigenvalue weighted by Gasteiger charge is -2.10. The molecule has 0 bridgehead atoms. The van der Waals surface area contributed by atoms with Crippen LogP contribution in [0.25, 0.3) is 0 Å². The van der Waals surface area contributed by atoms with Gasteiger partial charge in [-0.2, -0.15) is 0 Å². The molecule has 0 saturated heterocycles. The largest absolute Gasteiger partial charge is 0.481 e. The standard InChI is InChI=1S/C10H8Br2O2/c11-7-3-1-6(2-4-7)10(9(13)14)5-8(10)12/h1-4,8H,5H2,(H,13,14). The Labute approximate surface area is 98.6 Å². The number of halogens is 2. The van der Waals surface area contributed by atoms with Crippen LogP contribution in [0, 0.1) is 0 Å². The molecule has 2 atom stereocenters. The molecule has 0 aliphatic heterocycles. The quantitative estimate of drug-likeness (QED) is 0.851. The number of hydrogen-bond donors (Lipinski definition) is 1. The third-order valence-electron chi connectivity index (χ3n) is 2.62. The van der Waals surface area contributed by atoms with E-state index in [1.807, 2.05) is 24.3 Å². The summed E-state index contributed by atoms with van der Waals surface area (Å²) in [6.07, 6.45) is 0.671. The van der Waals surface area contributed by atoms with Gasteiger partial charge < -0.3 is 5.11 Å². The maximum Gasteiger partial charge on any atom is 0.315 e. The minimum absolute atomic E-state index is 0.0636. The van der Waals surface area contributed by atoms with Crippen molar-refractivity contribution in [3.8, 4) is 0 Å². The Kier molecular flexibility index (Phi) is 2.43. The Morgan fingerprint density at radius 3 is 2.29 bits per heavy atom. The zero-order valence-corrected chi connectivity index (χ0v) is 10.4. The summed E-state index contributed by atoms with van der Waals surface area (Å²) >= 11 is 6.69. The normalized spacial score (nSPS) is 30.0. The van der Waals surface area contributed by atoms with E-state index in [0.29, 0.717) is 6.42 Å². The molecule has 1 aromatic rings. The van der Waals surface area contributed by atoms with Crippen molar-refractivity contribution < 1.29 is 9.90 Å². The van der Waals surface area contributed by atoms with Crippen LogP contribution in [0.15, 0.2) is 28.7 Å². The van der Waals surface area contributed by atoms with Crippen LogP contribution < -0.4 is 0 Å². The van der Waals surface area contributed by atoms with Crippen LogP contribution in [-0.2, 0) is 10.2 Å². The first kappa shape index (κ1) is 10.2. The van der Waals surface area contributed by atoms with Crippen molar-refractivity contribution in [2.24, 2.45) is 0 Å². The molecule has 1 fully saturated rings. The number of alkyl halides is 1. The zero-order chi connectivity index (χ0) is 10.3. The SMILES string of the molecule is O=C(O)C1(c2ccc(Br)cc2)CC1Br. The van der Waals surface area contributed by atoms with Crippen molar-refractivity contribution >= 4 is 37.8 Å². The first-order chi connectivity index (χ1) is 6.57. The molecule has 4 heteroatoms. The van der Waals surface area contributed by atoms with Gasteiger partial charge in [0.15, 0.2) is 0 Å². The minimum atomic E-state index is -0.748. The average molecular weight is 320 g/mol. The van der Waals surface area contributed by atoms with Gasteiger partial charge in [-0.05, 0) is 24.1 Å². The third-order valence-corrected chi connectivity index (χ3v) is 4.25. The van der Waals surface area contributed by atoms with Gasteiger partial charge in [-0.1, -0.05) is 44.0 Å². The van der Waals surface area contributed by atoms with E-state index in [4.69, 9.17) is 5.11 Å². The zero-order valence-electron chi connectivity index (χ0n) is 7.21. The molecule has 74 valence electrons. The molecule has 1 aromatic carbocycles. The van der Waals surface area contributed by atoms with Crippen LogP contribution in [0.1, 0.15) is 12.0 Å². The van der Waals surface area contributed by atoms with E-state index in [-0.39, 0.29) is 4.83 Å². The lowest BCUT2D eigenvalue weighted by Crippen LogP contribution is -2.22. The lowest BCUT2D eigenvalue weighted by molar-refractivity contribution is -0.139.